The molecule has 94 valence electrons. The van der Waals surface area contributed by atoms with E-state index in [-0.39, 0.29) is 6.04 Å². The van der Waals surface area contributed by atoms with Crippen LogP contribution in [0.3, 0.4) is 0 Å². The van der Waals surface area contributed by atoms with Gasteiger partial charge in [0.05, 0.1) is 5.69 Å². The van der Waals surface area contributed by atoms with E-state index in [2.05, 4.69) is 45.2 Å². The van der Waals surface area contributed by atoms with Gasteiger partial charge in [-0.05, 0) is 52.7 Å². The Hall–Kier alpha value is -0.840. The van der Waals surface area contributed by atoms with Crippen molar-refractivity contribution < 1.29 is 0 Å². The van der Waals surface area contributed by atoms with E-state index in [1.165, 1.54) is 10.5 Å². The van der Waals surface area contributed by atoms with E-state index in [9.17, 15) is 0 Å². The minimum Gasteiger partial charge on any atom is -0.324 e. The first-order chi connectivity index (χ1) is 8.65. The summed E-state index contributed by atoms with van der Waals surface area (Å²) in [7, 11) is 0. The molecule has 1 aromatic carbocycles. The molecule has 1 aromatic heterocycles. The van der Waals surface area contributed by atoms with Gasteiger partial charge >= 0.3 is 0 Å². The van der Waals surface area contributed by atoms with Crippen LogP contribution < -0.4 is 5.73 Å². The molecule has 0 bridgehead atoms. The van der Waals surface area contributed by atoms with Crippen LogP contribution in [0.1, 0.15) is 24.2 Å². The number of nitrogens with zero attached hydrogens (tertiary/aromatic N) is 1. The number of rotatable bonds is 4. The van der Waals surface area contributed by atoms with Gasteiger partial charge in [0.1, 0.15) is 0 Å². The number of benzene rings is 1. The van der Waals surface area contributed by atoms with Gasteiger partial charge < -0.3 is 5.73 Å². The molecule has 0 fully saturated rings. The van der Waals surface area contributed by atoms with Gasteiger partial charge in [0.2, 0.25) is 0 Å². The molecule has 2 nitrogen and oxygen atoms in total. The molecule has 1 atom stereocenters. The molecular formula is C14H15BrN2S. The monoisotopic (exact) mass is 322 g/mol. The molecule has 0 spiro atoms. The molecule has 2 rings (SSSR count). The molecule has 4 heteroatoms. The number of nitrogens with two attached hydrogens (primary N) is 1. The fraction of sp³-hybridized carbons (Fsp3) is 0.214. The first kappa shape index (κ1) is 13.6. The Kier molecular flexibility index (Phi) is 4.80. The van der Waals surface area contributed by atoms with Crippen molar-refractivity contribution in [2.24, 2.45) is 5.73 Å². The van der Waals surface area contributed by atoms with Crippen LogP contribution in [0.25, 0.3) is 0 Å². The standard InChI is InChI=1S/C14H15BrN2S/c1-10(16)11-3-2-4-14(7-11)18-9-13-6-5-12(15)8-17-13/h2-8,10H,9,16H2,1H3. The summed E-state index contributed by atoms with van der Waals surface area (Å²) >= 11 is 5.16. The number of thioether (sulfide) groups is 1. The van der Waals surface area contributed by atoms with E-state index in [1.807, 2.05) is 25.3 Å². The predicted octanol–water partition coefficient (Wildman–Crippen LogP) is 4.16. The van der Waals surface area contributed by atoms with Crippen LogP contribution in [0.4, 0.5) is 0 Å². The largest absolute Gasteiger partial charge is 0.324 e. The van der Waals surface area contributed by atoms with Crippen molar-refractivity contribution in [3.63, 3.8) is 0 Å². The van der Waals surface area contributed by atoms with Crippen LogP contribution >= 0.6 is 27.7 Å². The van der Waals surface area contributed by atoms with E-state index in [4.69, 9.17) is 5.73 Å². The summed E-state index contributed by atoms with van der Waals surface area (Å²) in [6, 6.07) is 12.5. The fourth-order valence-electron chi connectivity index (χ4n) is 1.54. The van der Waals surface area contributed by atoms with E-state index >= 15 is 0 Å². The van der Waals surface area contributed by atoms with Crippen molar-refractivity contribution in [3.8, 4) is 0 Å². The molecule has 0 radical (unpaired) electrons. The zero-order valence-corrected chi connectivity index (χ0v) is 12.5. The molecule has 0 aliphatic carbocycles. The summed E-state index contributed by atoms with van der Waals surface area (Å²) in [6.07, 6.45) is 1.83. The van der Waals surface area contributed by atoms with Gasteiger partial charge in [-0.15, -0.1) is 11.8 Å². The molecule has 2 N–H and O–H groups in total. The summed E-state index contributed by atoms with van der Waals surface area (Å²) in [5.74, 6) is 0.871. The summed E-state index contributed by atoms with van der Waals surface area (Å²) in [5, 5.41) is 0. The second kappa shape index (κ2) is 6.36. The van der Waals surface area contributed by atoms with Crippen LogP contribution in [0, 0.1) is 0 Å². The van der Waals surface area contributed by atoms with Crippen molar-refractivity contribution in [1.82, 2.24) is 4.98 Å². The lowest BCUT2D eigenvalue weighted by Gasteiger charge is -2.07. The van der Waals surface area contributed by atoms with Crippen LogP contribution in [-0.4, -0.2) is 4.98 Å². The maximum Gasteiger partial charge on any atom is 0.0507 e. The van der Waals surface area contributed by atoms with Crippen LogP contribution in [0.15, 0.2) is 52.0 Å². The van der Waals surface area contributed by atoms with E-state index in [0.717, 1.165) is 15.9 Å². The van der Waals surface area contributed by atoms with Gasteiger partial charge in [-0.3, -0.25) is 4.98 Å². The highest BCUT2D eigenvalue weighted by molar-refractivity contribution is 9.10. The number of hydrogen-bond donors (Lipinski definition) is 1. The lowest BCUT2D eigenvalue weighted by molar-refractivity contribution is 0.815. The molecule has 18 heavy (non-hydrogen) atoms. The normalized spacial score (nSPS) is 12.4. The number of aromatic nitrogens is 1. The Balaban J connectivity index is 2.01. The Morgan fingerprint density at radius 3 is 2.83 bits per heavy atom. The minimum atomic E-state index is 0.0800. The first-order valence-electron chi connectivity index (χ1n) is 5.74. The quantitative estimate of drug-likeness (QED) is 0.859. The third kappa shape index (κ3) is 3.83. The first-order valence-corrected chi connectivity index (χ1v) is 7.52. The van der Waals surface area contributed by atoms with Crippen LogP contribution in [0.5, 0.6) is 0 Å². The summed E-state index contributed by atoms with van der Waals surface area (Å²) in [6.45, 7) is 2.00. The van der Waals surface area contributed by atoms with Gasteiger partial charge in [0.15, 0.2) is 0 Å². The zero-order chi connectivity index (χ0) is 13.0. The summed E-state index contributed by atoms with van der Waals surface area (Å²) in [4.78, 5) is 5.59. The van der Waals surface area contributed by atoms with Crippen molar-refractivity contribution in [1.29, 1.82) is 0 Å². The number of pyridine rings is 1. The Bertz CT molecular complexity index is 511. The second-order valence-corrected chi connectivity index (χ2v) is 6.08. The van der Waals surface area contributed by atoms with E-state index in [1.54, 1.807) is 11.8 Å². The SMILES string of the molecule is CC(N)c1cccc(SCc2ccc(Br)cn2)c1. The van der Waals surface area contributed by atoms with Gasteiger partial charge in [0.25, 0.3) is 0 Å². The fourth-order valence-corrected chi connectivity index (χ4v) is 2.65. The maximum atomic E-state index is 5.88. The van der Waals surface area contributed by atoms with Crippen molar-refractivity contribution in [2.75, 3.05) is 0 Å². The molecule has 0 aliphatic heterocycles. The molecule has 0 aliphatic rings. The summed E-state index contributed by atoms with van der Waals surface area (Å²) < 4.78 is 1.01. The van der Waals surface area contributed by atoms with Gasteiger partial charge in [-0.1, -0.05) is 12.1 Å². The van der Waals surface area contributed by atoms with Crippen molar-refractivity contribution in [2.45, 2.75) is 23.6 Å². The Labute approximate surface area is 120 Å². The average molecular weight is 323 g/mol. The molecule has 0 saturated heterocycles. The van der Waals surface area contributed by atoms with E-state index in [0.29, 0.717) is 0 Å². The van der Waals surface area contributed by atoms with Gasteiger partial charge in [0, 0.05) is 27.4 Å². The maximum absolute atomic E-state index is 5.88. The predicted molar refractivity (Wildman–Crippen MR) is 80.5 cm³/mol. The number of halogens is 1. The lowest BCUT2D eigenvalue weighted by Crippen LogP contribution is -2.04. The molecule has 0 saturated carbocycles. The highest BCUT2D eigenvalue weighted by atomic mass is 79.9. The molecule has 1 unspecified atom stereocenters. The highest BCUT2D eigenvalue weighted by Gasteiger charge is 2.02. The summed E-state index contributed by atoms with van der Waals surface area (Å²) in [5.41, 5.74) is 8.13. The van der Waals surface area contributed by atoms with Crippen LogP contribution in [0.2, 0.25) is 0 Å². The molecule has 2 aromatic rings. The van der Waals surface area contributed by atoms with Crippen LogP contribution in [-0.2, 0) is 5.75 Å². The molecular weight excluding hydrogens is 308 g/mol. The molecule has 1 heterocycles. The lowest BCUT2D eigenvalue weighted by atomic mass is 10.1. The Morgan fingerprint density at radius 2 is 2.17 bits per heavy atom. The zero-order valence-electron chi connectivity index (χ0n) is 10.1. The van der Waals surface area contributed by atoms with Crippen molar-refractivity contribution >= 4 is 27.7 Å². The average Bonchev–Trinajstić information content (AvgIpc) is 2.38. The van der Waals surface area contributed by atoms with Gasteiger partial charge in [-0.25, -0.2) is 0 Å². The van der Waals surface area contributed by atoms with E-state index < -0.39 is 0 Å². The molecule has 0 amide bonds. The highest BCUT2D eigenvalue weighted by Crippen LogP contribution is 2.24. The third-order valence-corrected chi connectivity index (χ3v) is 4.06. The third-order valence-electron chi connectivity index (χ3n) is 2.56. The Morgan fingerprint density at radius 1 is 1.33 bits per heavy atom. The minimum absolute atomic E-state index is 0.0800. The topological polar surface area (TPSA) is 38.9 Å². The van der Waals surface area contributed by atoms with Gasteiger partial charge in [-0.2, -0.15) is 0 Å². The smallest absolute Gasteiger partial charge is 0.0507 e. The van der Waals surface area contributed by atoms with Crippen molar-refractivity contribution in [3.05, 3.63) is 58.3 Å². The number of hydrogen-bond acceptors (Lipinski definition) is 3. The second-order valence-electron chi connectivity index (χ2n) is 4.12.